The molecule has 2 rings (SSSR count). The van der Waals surface area contributed by atoms with Gasteiger partial charge in [0.1, 0.15) is 0 Å². The molecule has 0 aromatic heterocycles. The van der Waals surface area contributed by atoms with Crippen molar-refractivity contribution >= 4 is 25.8 Å². The molecule has 2 aromatic rings. The van der Waals surface area contributed by atoms with Crippen LogP contribution < -0.4 is 0 Å². The van der Waals surface area contributed by atoms with E-state index in [9.17, 15) is 8.42 Å². The van der Waals surface area contributed by atoms with Gasteiger partial charge in [-0.3, -0.25) is 0 Å². The highest BCUT2D eigenvalue weighted by molar-refractivity contribution is 9.10. The van der Waals surface area contributed by atoms with Crippen LogP contribution in [-0.2, 0) is 16.3 Å². The zero-order chi connectivity index (χ0) is 13.2. The van der Waals surface area contributed by atoms with Crippen molar-refractivity contribution in [3.63, 3.8) is 0 Å². The lowest BCUT2D eigenvalue weighted by Gasteiger charge is -2.04. The minimum Gasteiger partial charge on any atom is -0.224 e. The van der Waals surface area contributed by atoms with Crippen molar-refractivity contribution in [3.8, 4) is 0 Å². The van der Waals surface area contributed by atoms with E-state index in [4.69, 9.17) is 0 Å². The molecule has 0 aliphatic heterocycles. The summed E-state index contributed by atoms with van der Waals surface area (Å²) in [5.74, 6) is 0. The fourth-order valence-electron chi connectivity index (χ4n) is 1.72. The van der Waals surface area contributed by atoms with Gasteiger partial charge in [-0.25, -0.2) is 8.42 Å². The van der Waals surface area contributed by atoms with Crippen molar-refractivity contribution in [1.82, 2.24) is 0 Å². The van der Waals surface area contributed by atoms with E-state index in [1.54, 1.807) is 18.2 Å². The van der Waals surface area contributed by atoms with Crippen LogP contribution >= 0.6 is 15.9 Å². The summed E-state index contributed by atoms with van der Waals surface area (Å²) in [7, 11) is -3.13. The van der Waals surface area contributed by atoms with E-state index in [1.807, 2.05) is 30.3 Å². The Morgan fingerprint density at radius 3 is 2.28 bits per heavy atom. The standard InChI is InChI=1S/C14H13BrO2S/c1-18(16,17)14-4-2-3-12(10-14)9-11-5-7-13(15)8-6-11/h2-8,10H,9H2,1H3. The Morgan fingerprint density at radius 1 is 1.00 bits per heavy atom. The van der Waals surface area contributed by atoms with Crippen LogP contribution in [0.15, 0.2) is 57.9 Å². The molecule has 0 heterocycles. The van der Waals surface area contributed by atoms with Crippen LogP contribution in [0.3, 0.4) is 0 Å². The predicted octanol–water partition coefficient (Wildman–Crippen LogP) is 3.44. The Kier molecular flexibility index (Phi) is 3.88. The Hall–Kier alpha value is -1.13. The zero-order valence-corrected chi connectivity index (χ0v) is 12.3. The molecule has 2 nitrogen and oxygen atoms in total. The summed E-state index contributed by atoms with van der Waals surface area (Å²) in [4.78, 5) is 0.372. The predicted molar refractivity (Wildman–Crippen MR) is 76.5 cm³/mol. The van der Waals surface area contributed by atoms with Gasteiger partial charge in [0, 0.05) is 10.7 Å². The summed E-state index contributed by atoms with van der Waals surface area (Å²) >= 11 is 3.39. The summed E-state index contributed by atoms with van der Waals surface area (Å²) in [6.45, 7) is 0. The summed E-state index contributed by atoms with van der Waals surface area (Å²) < 4.78 is 24.0. The van der Waals surface area contributed by atoms with Gasteiger partial charge in [-0.05, 0) is 41.8 Å². The van der Waals surface area contributed by atoms with Crippen LogP contribution in [-0.4, -0.2) is 14.7 Å². The molecule has 0 radical (unpaired) electrons. The third-order valence-corrected chi connectivity index (χ3v) is 4.29. The molecule has 0 aliphatic carbocycles. The number of rotatable bonds is 3. The first-order chi connectivity index (χ1) is 8.45. The van der Waals surface area contributed by atoms with Crippen molar-refractivity contribution < 1.29 is 8.42 Å². The average Bonchev–Trinajstić information content (AvgIpc) is 2.31. The van der Waals surface area contributed by atoms with Crippen LogP contribution in [0.2, 0.25) is 0 Å². The molecule has 0 N–H and O–H groups in total. The van der Waals surface area contributed by atoms with Gasteiger partial charge in [-0.1, -0.05) is 40.2 Å². The van der Waals surface area contributed by atoms with Crippen molar-refractivity contribution in [1.29, 1.82) is 0 Å². The zero-order valence-electron chi connectivity index (χ0n) is 9.93. The molecule has 2 aromatic carbocycles. The molecule has 0 bridgehead atoms. The minimum atomic E-state index is -3.13. The average molecular weight is 325 g/mol. The number of benzene rings is 2. The van der Waals surface area contributed by atoms with Crippen LogP contribution in [0.25, 0.3) is 0 Å². The summed E-state index contributed by atoms with van der Waals surface area (Å²) in [6.07, 6.45) is 1.96. The smallest absolute Gasteiger partial charge is 0.175 e. The molecule has 94 valence electrons. The van der Waals surface area contributed by atoms with E-state index in [-0.39, 0.29) is 0 Å². The molecular weight excluding hydrogens is 312 g/mol. The van der Waals surface area contributed by atoms with Gasteiger partial charge in [0.2, 0.25) is 0 Å². The summed E-state index contributed by atoms with van der Waals surface area (Å²) in [6, 6.07) is 15.1. The molecule has 0 atom stereocenters. The second-order valence-corrected chi connectivity index (χ2v) is 7.15. The van der Waals surface area contributed by atoms with Crippen LogP contribution in [0.5, 0.6) is 0 Å². The van der Waals surface area contributed by atoms with Crippen molar-refractivity contribution in [2.45, 2.75) is 11.3 Å². The second kappa shape index (κ2) is 5.24. The maximum absolute atomic E-state index is 11.5. The van der Waals surface area contributed by atoms with E-state index in [2.05, 4.69) is 15.9 Å². The maximum Gasteiger partial charge on any atom is 0.175 e. The number of hydrogen-bond acceptors (Lipinski definition) is 2. The van der Waals surface area contributed by atoms with Crippen LogP contribution in [0, 0.1) is 0 Å². The number of sulfone groups is 1. The Morgan fingerprint density at radius 2 is 1.67 bits per heavy atom. The van der Waals surface area contributed by atoms with Crippen molar-refractivity contribution in [2.24, 2.45) is 0 Å². The summed E-state index contributed by atoms with van der Waals surface area (Å²) in [5, 5.41) is 0. The van der Waals surface area contributed by atoms with Crippen LogP contribution in [0.4, 0.5) is 0 Å². The van der Waals surface area contributed by atoms with Gasteiger partial charge in [-0.15, -0.1) is 0 Å². The monoisotopic (exact) mass is 324 g/mol. The van der Waals surface area contributed by atoms with Gasteiger partial charge >= 0.3 is 0 Å². The third-order valence-electron chi connectivity index (χ3n) is 2.65. The van der Waals surface area contributed by atoms with Gasteiger partial charge in [-0.2, -0.15) is 0 Å². The molecule has 0 amide bonds. The van der Waals surface area contributed by atoms with E-state index in [0.717, 1.165) is 22.0 Å². The highest BCUT2D eigenvalue weighted by atomic mass is 79.9. The maximum atomic E-state index is 11.5. The summed E-state index contributed by atoms with van der Waals surface area (Å²) in [5.41, 5.74) is 2.16. The van der Waals surface area contributed by atoms with Gasteiger partial charge in [0.15, 0.2) is 9.84 Å². The molecule has 18 heavy (non-hydrogen) atoms. The van der Waals surface area contributed by atoms with Gasteiger partial charge < -0.3 is 0 Å². The minimum absolute atomic E-state index is 0.372. The Balaban J connectivity index is 2.27. The third kappa shape index (κ3) is 3.43. The fourth-order valence-corrected chi connectivity index (χ4v) is 2.68. The first kappa shape index (κ1) is 13.3. The molecule has 0 saturated heterocycles. The lowest BCUT2D eigenvalue weighted by molar-refractivity contribution is 0.602. The van der Waals surface area contributed by atoms with E-state index in [1.165, 1.54) is 6.26 Å². The van der Waals surface area contributed by atoms with Gasteiger partial charge in [0.25, 0.3) is 0 Å². The first-order valence-corrected chi connectivity index (χ1v) is 8.17. The Labute approximate surface area is 116 Å². The Bertz CT molecular complexity index is 646. The normalized spacial score (nSPS) is 11.4. The topological polar surface area (TPSA) is 34.1 Å². The molecular formula is C14H13BrO2S. The molecule has 4 heteroatoms. The molecule has 0 unspecified atom stereocenters. The SMILES string of the molecule is CS(=O)(=O)c1cccc(Cc2ccc(Br)cc2)c1. The molecule has 0 spiro atoms. The van der Waals surface area contributed by atoms with E-state index < -0.39 is 9.84 Å². The first-order valence-electron chi connectivity index (χ1n) is 5.48. The van der Waals surface area contributed by atoms with E-state index in [0.29, 0.717) is 4.90 Å². The highest BCUT2D eigenvalue weighted by Gasteiger charge is 2.07. The largest absolute Gasteiger partial charge is 0.224 e. The fraction of sp³-hybridized carbons (Fsp3) is 0.143. The lowest BCUT2D eigenvalue weighted by atomic mass is 10.1. The second-order valence-electron chi connectivity index (χ2n) is 4.22. The molecule has 0 fully saturated rings. The van der Waals surface area contributed by atoms with Crippen molar-refractivity contribution in [2.75, 3.05) is 6.26 Å². The van der Waals surface area contributed by atoms with E-state index >= 15 is 0 Å². The number of halogens is 1. The van der Waals surface area contributed by atoms with Crippen molar-refractivity contribution in [3.05, 3.63) is 64.1 Å². The molecule has 0 saturated carbocycles. The highest BCUT2D eigenvalue weighted by Crippen LogP contribution is 2.17. The molecule has 0 aliphatic rings. The van der Waals surface area contributed by atoms with Gasteiger partial charge in [0.05, 0.1) is 4.90 Å². The van der Waals surface area contributed by atoms with Crippen LogP contribution in [0.1, 0.15) is 11.1 Å². The lowest BCUT2D eigenvalue weighted by Crippen LogP contribution is -1.98. The quantitative estimate of drug-likeness (QED) is 0.866. The number of hydrogen-bond donors (Lipinski definition) is 0.